The van der Waals surface area contributed by atoms with E-state index in [4.69, 9.17) is 21.1 Å². The lowest BCUT2D eigenvalue weighted by Gasteiger charge is -2.30. The van der Waals surface area contributed by atoms with E-state index < -0.39 is 0 Å². The average molecular weight is 497 g/mol. The quantitative estimate of drug-likeness (QED) is 0.421. The highest BCUT2D eigenvalue weighted by Gasteiger charge is 2.27. The maximum atomic E-state index is 14.8. The zero-order chi connectivity index (χ0) is 24.6. The number of nitrogens with one attached hydrogen (secondary N) is 1. The molecule has 0 spiro atoms. The topological polar surface area (TPSA) is 50.8 Å². The minimum atomic E-state index is -0.337. The fraction of sp³-hybridized carbons (Fsp3) is 0.321. The standard InChI is InChI=1S/C28H30ClFN2O3/c1-34-26-12-6-7-21(27(26)22-8-2-4-10-24(22)30)19-32(28(33)20-13-15-31-16-14-20)17-18-35-25-11-5-3-9-23(25)29/h2-12,20,31H,13-19H2,1H3. The summed E-state index contributed by atoms with van der Waals surface area (Å²) in [5.74, 6) is 0.832. The first-order valence-electron chi connectivity index (χ1n) is 11.9. The summed E-state index contributed by atoms with van der Waals surface area (Å²) < 4.78 is 26.3. The van der Waals surface area contributed by atoms with Gasteiger partial charge in [-0.25, -0.2) is 4.39 Å². The lowest BCUT2D eigenvalue weighted by Crippen LogP contribution is -2.42. The number of piperidine rings is 1. The molecule has 35 heavy (non-hydrogen) atoms. The summed E-state index contributed by atoms with van der Waals surface area (Å²) in [6.07, 6.45) is 1.58. The molecule has 3 aromatic rings. The predicted octanol–water partition coefficient (Wildman–Crippen LogP) is 5.56. The molecule has 3 aromatic carbocycles. The number of carbonyl (C=O) groups is 1. The molecule has 4 rings (SSSR count). The molecule has 0 radical (unpaired) electrons. The molecule has 0 bridgehead atoms. The van der Waals surface area contributed by atoms with Crippen molar-refractivity contribution in [2.24, 2.45) is 5.92 Å². The van der Waals surface area contributed by atoms with Crippen LogP contribution in [0.2, 0.25) is 5.02 Å². The van der Waals surface area contributed by atoms with Crippen LogP contribution in [0.3, 0.4) is 0 Å². The van der Waals surface area contributed by atoms with Gasteiger partial charge in [-0.1, -0.05) is 54.1 Å². The molecule has 184 valence electrons. The Morgan fingerprint density at radius 1 is 1.03 bits per heavy atom. The van der Waals surface area contributed by atoms with Crippen LogP contribution >= 0.6 is 11.6 Å². The Bertz CT molecular complexity index is 1150. The Morgan fingerprint density at radius 2 is 1.74 bits per heavy atom. The summed E-state index contributed by atoms with van der Waals surface area (Å²) in [7, 11) is 1.57. The molecule has 1 aliphatic rings. The number of amides is 1. The van der Waals surface area contributed by atoms with Crippen LogP contribution in [0.25, 0.3) is 11.1 Å². The van der Waals surface area contributed by atoms with Crippen molar-refractivity contribution >= 4 is 17.5 Å². The second-order valence-corrected chi connectivity index (χ2v) is 8.94. The lowest BCUT2D eigenvalue weighted by atomic mass is 9.94. The number of para-hydroxylation sites is 1. The number of hydrogen-bond donors (Lipinski definition) is 1. The molecule has 1 fully saturated rings. The molecule has 0 aromatic heterocycles. The fourth-order valence-corrected chi connectivity index (χ4v) is 4.67. The Labute approximate surface area is 210 Å². The highest BCUT2D eigenvalue weighted by molar-refractivity contribution is 6.32. The van der Waals surface area contributed by atoms with Gasteiger partial charge in [0.15, 0.2) is 0 Å². The van der Waals surface area contributed by atoms with Gasteiger partial charge >= 0.3 is 0 Å². The third-order valence-corrected chi connectivity index (χ3v) is 6.60. The molecule has 1 N–H and O–H groups in total. The summed E-state index contributed by atoms with van der Waals surface area (Å²) in [4.78, 5) is 15.4. The van der Waals surface area contributed by atoms with Crippen LogP contribution in [0.5, 0.6) is 11.5 Å². The van der Waals surface area contributed by atoms with Crippen molar-refractivity contribution in [3.63, 3.8) is 0 Å². The van der Waals surface area contributed by atoms with Gasteiger partial charge in [-0.05, 0) is 55.8 Å². The Morgan fingerprint density at radius 3 is 2.49 bits per heavy atom. The molecular formula is C28H30ClFN2O3. The van der Waals surface area contributed by atoms with Gasteiger partial charge < -0.3 is 19.7 Å². The van der Waals surface area contributed by atoms with Crippen molar-refractivity contribution in [1.29, 1.82) is 0 Å². The average Bonchev–Trinajstić information content (AvgIpc) is 2.89. The Kier molecular flexibility index (Phi) is 8.61. The SMILES string of the molecule is COc1cccc(CN(CCOc2ccccc2Cl)C(=O)C2CCNCC2)c1-c1ccccc1F. The number of halogens is 2. The highest BCUT2D eigenvalue weighted by Crippen LogP contribution is 2.36. The third kappa shape index (κ3) is 6.13. The van der Waals surface area contributed by atoms with E-state index in [9.17, 15) is 9.18 Å². The zero-order valence-electron chi connectivity index (χ0n) is 19.8. The number of ether oxygens (including phenoxy) is 2. The number of carbonyl (C=O) groups excluding carboxylic acids is 1. The summed E-state index contributed by atoms with van der Waals surface area (Å²) >= 11 is 6.23. The fourth-order valence-electron chi connectivity index (χ4n) is 4.48. The normalized spacial score (nSPS) is 13.9. The van der Waals surface area contributed by atoms with E-state index in [1.807, 2.05) is 35.2 Å². The highest BCUT2D eigenvalue weighted by atomic mass is 35.5. The van der Waals surface area contributed by atoms with Crippen LogP contribution in [-0.2, 0) is 11.3 Å². The number of rotatable bonds is 9. The van der Waals surface area contributed by atoms with E-state index in [1.54, 1.807) is 37.4 Å². The second kappa shape index (κ2) is 12.0. The smallest absolute Gasteiger partial charge is 0.226 e. The molecule has 1 saturated heterocycles. The first kappa shape index (κ1) is 25.0. The van der Waals surface area contributed by atoms with Gasteiger partial charge in [0.2, 0.25) is 5.91 Å². The van der Waals surface area contributed by atoms with Crippen molar-refractivity contribution in [2.45, 2.75) is 19.4 Å². The van der Waals surface area contributed by atoms with E-state index in [2.05, 4.69) is 5.32 Å². The minimum absolute atomic E-state index is 0.0564. The van der Waals surface area contributed by atoms with E-state index in [0.717, 1.165) is 31.5 Å². The van der Waals surface area contributed by atoms with Gasteiger partial charge in [0.25, 0.3) is 0 Å². The molecular weight excluding hydrogens is 467 g/mol. The van der Waals surface area contributed by atoms with Gasteiger partial charge in [-0.15, -0.1) is 0 Å². The lowest BCUT2D eigenvalue weighted by molar-refractivity contribution is -0.137. The van der Waals surface area contributed by atoms with Crippen molar-refractivity contribution in [3.8, 4) is 22.6 Å². The van der Waals surface area contributed by atoms with E-state index >= 15 is 0 Å². The van der Waals surface area contributed by atoms with Crippen LogP contribution in [0.15, 0.2) is 66.7 Å². The molecule has 0 unspecified atom stereocenters. The summed E-state index contributed by atoms with van der Waals surface area (Å²) in [5.41, 5.74) is 1.92. The van der Waals surface area contributed by atoms with Gasteiger partial charge in [0.1, 0.15) is 23.9 Å². The van der Waals surface area contributed by atoms with Crippen LogP contribution < -0.4 is 14.8 Å². The maximum absolute atomic E-state index is 14.8. The van der Waals surface area contributed by atoms with Crippen molar-refractivity contribution in [1.82, 2.24) is 10.2 Å². The predicted molar refractivity (Wildman–Crippen MR) is 136 cm³/mol. The Hall–Kier alpha value is -3.09. The van der Waals surface area contributed by atoms with Crippen molar-refractivity contribution < 1.29 is 18.7 Å². The Balaban J connectivity index is 1.62. The van der Waals surface area contributed by atoms with E-state index in [1.165, 1.54) is 6.07 Å². The molecule has 1 aliphatic heterocycles. The molecule has 5 nitrogen and oxygen atoms in total. The van der Waals surface area contributed by atoms with E-state index in [0.29, 0.717) is 47.3 Å². The van der Waals surface area contributed by atoms with E-state index in [-0.39, 0.29) is 17.6 Å². The summed E-state index contributed by atoms with van der Waals surface area (Å²) in [6, 6.07) is 19.5. The van der Waals surface area contributed by atoms with Crippen LogP contribution in [0.4, 0.5) is 4.39 Å². The zero-order valence-corrected chi connectivity index (χ0v) is 20.6. The number of methoxy groups -OCH3 is 1. The first-order valence-corrected chi connectivity index (χ1v) is 12.2. The molecule has 1 amide bonds. The van der Waals surface area contributed by atoms with Crippen molar-refractivity contribution in [3.05, 3.63) is 83.1 Å². The van der Waals surface area contributed by atoms with Gasteiger partial charge in [-0.2, -0.15) is 0 Å². The largest absolute Gasteiger partial charge is 0.496 e. The number of benzene rings is 3. The monoisotopic (exact) mass is 496 g/mol. The molecule has 0 aliphatic carbocycles. The van der Waals surface area contributed by atoms with Gasteiger partial charge in [0.05, 0.1) is 18.7 Å². The van der Waals surface area contributed by atoms with Crippen LogP contribution in [0, 0.1) is 11.7 Å². The van der Waals surface area contributed by atoms with Crippen LogP contribution in [0.1, 0.15) is 18.4 Å². The molecule has 7 heteroatoms. The van der Waals surface area contributed by atoms with Gasteiger partial charge in [-0.3, -0.25) is 4.79 Å². The first-order chi connectivity index (χ1) is 17.1. The summed E-state index contributed by atoms with van der Waals surface area (Å²) in [6.45, 7) is 2.62. The number of hydrogen-bond acceptors (Lipinski definition) is 4. The summed E-state index contributed by atoms with van der Waals surface area (Å²) in [5, 5.41) is 3.84. The third-order valence-electron chi connectivity index (χ3n) is 6.29. The molecule has 1 heterocycles. The number of nitrogens with zero attached hydrogens (tertiary/aromatic N) is 1. The molecule has 0 atom stereocenters. The minimum Gasteiger partial charge on any atom is -0.496 e. The van der Waals surface area contributed by atoms with Crippen molar-refractivity contribution in [2.75, 3.05) is 33.4 Å². The van der Waals surface area contributed by atoms with Gasteiger partial charge in [0, 0.05) is 23.6 Å². The molecule has 0 saturated carbocycles. The van der Waals surface area contributed by atoms with Crippen LogP contribution in [-0.4, -0.2) is 44.2 Å². The second-order valence-electron chi connectivity index (χ2n) is 8.54. The maximum Gasteiger partial charge on any atom is 0.226 e.